The van der Waals surface area contributed by atoms with Gasteiger partial charge < -0.3 is 0 Å². The lowest BCUT2D eigenvalue weighted by Crippen LogP contribution is -1.93. The molecule has 5 heteroatoms. The molecule has 4 nitrogen and oxygen atoms in total. The molecule has 0 aliphatic heterocycles. The van der Waals surface area contributed by atoms with Crippen molar-refractivity contribution in [2.75, 3.05) is 0 Å². The predicted octanol–water partition coefficient (Wildman–Crippen LogP) is 3.06. The predicted molar refractivity (Wildman–Crippen MR) is 70.7 cm³/mol. The average Bonchev–Trinajstić information content (AvgIpc) is 2.72. The molecule has 0 unspecified atom stereocenters. The topological polar surface area (TPSA) is 43.1 Å². The molecule has 0 fully saturated rings. The Morgan fingerprint density at radius 3 is 2.72 bits per heavy atom. The molecule has 0 saturated heterocycles. The lowest BCUT2D eigenvalue weighted by Gasteiger charge is -2.04. The third kappa shape index (κ3) is 1.75. The Morgan fingerprint density at radius 2 is 1.94 bits per heavy atom. The fourth-order valence-corrected chi connectivity index (χ4v) is 2.16. The minimum atomic E-state index is 0.419. The maximum Gasteiger partial charge on any atom is 0.169 e. The third-order valence-corrected chi connectivity index (χ3v) is 3.10. The Bertz CT molecular complexity index is 733. The van der Waals surface area contributed by atoms with Gasteiger partial charge in [-0.3, -0.25) is 4.40 Å². The first-order chi connectivity index (χ1) is 8.65. The Hall–Kier alpha value is -1.94. The number of rotatable bonds is 1. The van der Waals surface area contributed by atoms with Gasteiger partial charge in [-0.2, -0.15) is 0 Å². The second-order valence-corrected chi connectivity index (χ2v) is 4.67. The standard InChI is InChI=1S/C13H11ClN4/c1-8-3-4-10(9(2)5-8)13-17-16-12-6-11(14)15-7-18(12)13/h3-7H,1-2H3. The molecular weight excluding hydrogens is 248 g/mol. The van der Waals surface area contributed by atoms with Gasteiger partial charge in [0.1, 0.15) is 11.5 Å². The van der Waals surface area contributed by atoms with E-state index in [-0.39, 0.29) is 0 Å². The van der Waals surface area contributed by atoms with Crippen LogP contribution in [0.15, 0.2) is 30.6 Å². The number of hydrogen-bond donors (Lipinski definition) is 0. The van der Waals surface area contributed by atoms with Crippen LogP contribution in [0.4, 0.5) is 0 Å². The van der Waals surface area contributed by atoms with Gasteiger partial charge >= 0.3 is 0 Å². The van der Waals surface area contributed by atoms with Gasteiger partial charge in [-0.15, -0.1) is 10.2 Å². The number of hydrogen-bond acceptors (Lipinski definition) is 3. The van der Waals surface area contributed by atoms with Crippen molar-refractivity contribution in [3.63, 3.8) is 0 Å². The molecule has 0 aliphatic carbocycles. The molecule has 0 N–H and O–H groups in total. The maximum atomic E-state index is 5.83. The lowest BCUT2D eigenvalue weighted by atomic mass is 10.1. The van der Waals surface area contributed by atoms with E-state index in [1.807, 2.05) is 4.40 Å². The van der Waals surface area contributed by atoms with Crippen molar-refractivity contribution in [2.45, 2.75) is 13.8 Å². The number of nitrogens with zero attached hydrogens (tertiary/aromatic N) is 4. The molecule has 2 aromatic heterocycles. The van der Waals surface area contributed by atoms with Crippen LogP contribution in [0.3, 0.4) is 0 Å². The summed E-state index contributed by atoms with van der Waals surface area (Å²) in [5.41, 5.74) is 4.15. The summed E-state index contributed by atoms with van der Waals surface area (Å²) in [6, 6.07) is 7.93. The maximum absolute atomic E-state index is 5.83. The van der Waals surface area contributed by atoms with Crippen molar-refractivity contribution in [1.82, 2.24) is 19.6 Å². The van der Waals surface area contributed by atoms with E-state index < -0.39 is 0 Å². The van der Waals surface area contributed by atoms with Crippen LogP contribution in [-0.4, -0.2) is 19.6 Å². The van der Waals surface area contributed by atoms with E-state index in [0.29, 0.717) is 10.8 Å². The molecule has 2 heterocycles. The molecule has 3 rings (SSSR count). The average molecular weight is 259 g/mol. The fourth-order valence-electron chi connectivity index (χ4n) is 2.02. The van der Waals surface area contributed by atoms with Gasteiger partial charge in [0.25, 0.3) is 0 Å². The molecule has 18 heavy (non-hydrogen) atoms. The highest BCUT2D eigenvalue weighted by Gasteiger charge is 2.10. The molecule has 0 saturated carbocycles. The third-order valence-electron chi connectivity index (χ3n) is 2.89. The molecule has 0 radical (unpaired) electrons. The molecule has 0 amide bonds. The number of halogens is 1. The highest BCUT2D eigenvalue weighted by atomic mass is 35.5. The van der Waals surface area contributed by atoms with E-state index in [1.165, 1.54) is 11.1 Å². The van der Waals surface area contributed by atoms with Crippen LogP contribution >= 0.6 is 11.6 Å². The number of fused-ring (bicyclic) bond motifs is 1. The zero-order valence-corrected chi connectivity index (χ0v) is 10.8. The quantitative estimate of drug-likeness (QED) is 0.630. The first kappa shape index (κ1) is 11.2. The van der Waals surface area contributed by atoms with Gasteiger partial charge in [-0.1, -0.05) is 35.4 Å². The second-order valence-electron chi connectivity index (χ2n) is 4.28. The summed E-state index contributed by atoms with van der Waals surface area (Å²) >= 11 is 5.83. The van der Waals surface area contributed by atoms with Crippen LogP contribution < -0.4 is 0 Å². The molecule has 0 aliphatic rings. The molecule has 3 aromatic rings. The fraction of sp³-hybridized carbons (Fsp3) is 0.154. The van der Waals surface area contributed by atoms with Crippen LogP contribution in [0.25, 0.3) is 17.0 Å². The summed E-state index contributed by atoms with van der Waals surface area (Å²) in [5.74, 6) is 0.784. The highest BCUT2D eigenvalue weighted by molar-refractivity contribution is 6.29. The zero-order valence-electron chi connectivity index (χ0n) is 10.1. The van der Waals surface area contributed by atoms with Crippen LogP contribution in [0, 0.1) is 13.8 Å². The summed E-state index contributed by atoms with van der Waals surface area (Å²) in [6.45, 7) is 4.13. The summed E-state index contributed by atoms with van der Waals surface area (Å²) in [7, 11) is 0. The van der Waals surface area contributed by atoms with Gasteiger partial charge in [-0.05, 0) is 19.4 Å². The van der Waals surface area contributed by atoms with E-state index in [1.54, 1.807) is 12.4 Å². The Balaban J connectivity index is 2.25. The van der Waals surface area contributed by atoms with Crippen molar-refractivity contribution in [3.05, 3.63) is 46.9 Å². The second kappa shape index (κ2) is 4.07. The first-order valence-electron chi connectivity index (χ1n) is 5.59. The first-order valence-corrected chi connectivity index (χ1v) is 5.97. The van der Waals surface area contributed by atoms with Crippen LogP contribution in [0.5, 0.6) is 0 Å². The highest BCUT2D eigenvalue weighted by Crippen LogP contribution is 2.23. The van der Waals surface area contributed by atoms with Crippen LogP contribution in [0.1, 0.15) is 11.1 Å². The minimum absolute atomic E-state index is 0.419. The van der Waals surface area contributed by atoms with E-state index in [4.69, 9.17) is 11.6 Å². The van der Waals surface area contributed by atoms with Gasteiger partial charge in [0.2, 0.25) is 0 Å². The Labute approximate surface area is 109 Å². The van der Waals surface area contributed by atoms with Crippen molar-refractivity contribution in [3.8, 4) is 11.4 Å². The largest absolute Gasteiger partial charge is 0.265 e. The molecular formula is C13H11ClN4. The van der Waals surface area contributed by atoms with E-state index >= 15 is 0 Å². The van der Waals surface area contributed by atoms with Crippen molar-refractivity contribution in [1.29, 1.82) is 0 Å². The zero-order chi connectivity index (χ0) is 12.7. The Morgan fingerprint density at radius 1 is 1.11 bits per heavy atom. The van der Waals surface area contributed by atoms with Gasteiger partial charge in [0.15, 0.2) is 11.5 Å². The molecule has 90 valence electrons. The monoisotopic (exact) mass is 258 g/mol. The van der Waals surface area contributed by atoms with Crippen LogP contribution in [0.2, 0.25) is 5.15 Å². The smallest absolute Gasteiger partial charge is 0.169 e. The molecule has 0 bridgehead atoms. The summed E-state index contributed by atoms with van der Waals surface area (Å²) in [6.07, 6.45) is 1.65. The van der Waals surface area contributed by atoms with Gasteiger partial charge in [0, 0.05) is 11.6 Å². The molecule has 0 spiro atoms. The number of aryl methyl sites for hydroxylation is 2. The van der Waals surface area contributed by atoms with Crippen LogP contribution in [-0.2, 0) is 0 Å². The van der Waals surface area contributed by atoms with E-state index in [2.05, 4.69) is 47.2 Å². The van der Waals surface area contributed by atoms with Gasteiger partial charge in [-0.25, -0.2) is 4.98 Å². The van der Waals surface area contributed by atoms with E-state index in [9.17, 15) is 0 Å². The van der Waals surface area contributed by atoms with Crippen molar-refractivity contribution >= 4 is 17.2 Å². The van der Waals surface area contributed by atoms with Crippen molar-refractivity contribution < 1.29 is 0 Å². The minimum Gasteiger partial charge on any atom is -0.265 e. The number of benzene rings is 1. The number of aromatic nitrogens is 4. The molecule has 0 atom stereocenters. The Kier molecular flexibility index (Phi) is 2.52. The lowest BCUT2D eigenvalue weighted by molar-refractivity contribution is 1.07. The summed E-state index contributed by atoms with van der Waals surface area (Å²) in [5, 5.41) is 8.74. The molecule has 1 aromatic carbocycles. The van der Waals surface area contributed by atoms with Crippen molar-refractivity contribution in [2.24, 2.45) is 0 Å². The summed E-state index contributed by atoms with van der Waals surface area (Å²) in [4.78, 5) is 4.06. The summed E-state index contributed by atoms with van der Waals surface area (Å²) < 4.78 is 1.84. The normalized spacial score (nSPS) is 11.1. The van der Waals surface area contributed by atoms with E-state index in [0.717, 1.165) is 11.4 Å². The SMILES string of the molecule is Cc1ccc(-c2nnc3cc(Cl)ncn23)c(C)c1. The van der Waals surface area contributed by atoms with Gasteiger partial charge in [0.05, 0.1) is 0 Å².